The van der Waals surface area contributed by atoms with E-state index in [1.165, 1.54) is 127 Å². The highest BCUT2D eigenvalue weighted by Gasteiger charge is 2.40. The van der Waals surface area contributed by atoms with Gasteiger partial charge in [-0.1, -0.05) is 199 Å². The van der Waals surface area contributed by atoms with Crippen molar-refractivity contribution in [1.29, 1.82) is 0 Å². The van der Waals surface area contributed by atoms with Crippen LogP contribution in [0, 0.1) is 0 Å². The summed E-state index contributed by atoms with van der Waals surface area (Å²) < 4.78 is 0. The van der Waals surface area contributed by atoms with Crippen molar-refractivity contribution in [2.45, 2.75) is 76.0 Å². The first kappa shape index (κ1) is 37.6. The lowest BCUT2D eigenvalue weighted by Gasteiger charge is -2.39. The van der Waals surface area contributed by atoms with E-state index in [0.717, 1.165) is 0 Å². The first-order valence-corrected chi connectivity index (χ1v) is 22.4. The van der Waals surface area contributed by atoms with Crippen molar-refractivity contribution in [3.05, 3.63) is 221 Å². The van der Waals surface area contributed by atoms with Crippen molar-refractivity contribution in [3.63, 3.8) is 0 Å². The summed E-state index contributed by atoms with van der Waals surface area (Å²) in [6.45, 7) is 9.59. The molecule has 0 atom stereocenters. The summed E-state index contributed by atoms with van der Waals surface area (Å²) in [6.07, 6.45) is 6.22. The Kier molecular flexibility index (Phi) is 8.83. The highest BCUT2D eigenvalue weighted by molar-refractivity contribution is 5.96. The molecule has 8 aromatic rings. The van der Waals surface area contributed by atoms with Crippen LogP contribution in [0.25, 0.3) is 44.5 Å². The first-order chi connectivity index (χ1) is 29.8. The van der Waals surface area contributed by atoms with Gasteiger partial charge in [0.05, 0.1) is 0 Å². The molecule has 0 saturated heterocycles. The van der Waals surface area contributed by atoms with Gasteiger partial charge in [-0.25, -0.2) is 0 Å². The zero-order valence-corrected chi connectivity index (χ0v) is 35.9. The standard InChI is InChI=1S/C60H53N/c1-58(2)52-36-34-46(39-51(52)57-49(26-18-28-54(57)58)42-21-11-6-12-22-42)61(45-31-29-44(30-32-45)60(37-15-8-16-38-60)43-23-13-7-14-24-43)47-33-35-50-55(40-47)59(3,4)53-27-17-25-48(56(50)53)41-19-9-5-10-20-41/h5-7,9-14,17-36,39-40H,8,15-16,37-38H2,1-4H3. The number of hydrogen-bond donors (Lipinski definition) is 0. The average Bonchev–Trinajstić information content (AvgIpc) is 3.69. The molecule has 0 heterocycles. The molecule has 0 spiro atoms. The number of benzene rings is 8. The normalized spacial score (nSPS) is 16.3. The van der Waals surface area contributed by atoms with Crippen LogP contribution >= 0.6 is 0 Å². The largest absolute Gasteiger partial charge is 0.310 e. The summed E-state index contributed by atoms with van der Waals surface area (Å²) in [5.41, 5.74) is 22.2. The zero-order valence-electron chi connectivity index (χ0n) is 35.9. The molecular formula is C60H53N. The Balaban J connectivity index is 1.10. The molecule has 3 aliphatic rings. The van der Waals surface area contributed by atoms with Gasteiger partial charge >= 0.3 is 0 Å². The summed E-state index contributed by atoms with van der Waals surface area (Å²) in [5.74, 6) is 0. The van der Waals surface area contributed by atoms with Crippen molar-refractivity contribution >= 4 is 17.1 Å². The quantitative estimate of drug-likeness (QED) is 0.155. The Morgan fingerprint density at radius 3 is 1.44 bits per heavy atom. The van der Waals surface area contributed by atoms with E-state index < -0.39 is 0 Å². The molecule has 1 fully saturated rings. The third-order valence-electron chi connectivity index (χ3n) is 14.8. The molecule has 0 aliphatic heterocycles. The van der Waals surface area contributed by atoms with Gasteiger partial charge in [-0.05, 0) is 127 Å². The van der Waals surface area contributed by atoms with E-state index in [1.807, 2.05) is 0 Å². The van der Waals surface area contributed by atoms with E-state index in [0.29, 0.717) is 0 Å². The predicted octanol–water partition coefficient (Wildman–Crippen LogP) is 16.4. The second-order valence-electron chi connectivity index (χ2n) is 18.8. The number of rotatable bonds is 7. The van der Waals surface area contributed by atoms with E-state index >= 15 is 0 Å². The minimum Gasteiger partial charge on any atom is -0.310 e. The molecular weight excluding hydrogens is 735 g/mol. The maximum Gasteiger partial charge on any atom is 0.0468 e. The zero-order chi connectivity index (χ0) is 41.3. The van der Waals surface area contributed by atoms with Gasteiger partial charge in [0.15, 0.2) is 0 Å². The molecule has 1 nitrogen and oxygen atoms in total. The first-order valence-electron chi connectivity index (χ1n) is 22.4. The van der Waals surface area contributed by atoms with Crippen LogP contribution in [0.5, 0.6) is 0 Å². The minimum atomic E-state index is -0.171. The van der Waals surface area contributed by atoms with Gasteiger partial charge < -0.3 is 4.90 Å². The monoisotopic (exact) mass is 787 g/mol. The lowest BCUT2D eigenvalue weighted by molar-refractivity contribution is 0.346. The Morgan fingerprint density at radius 1 is 0.344 bits per heavy atom. The van der Waals surface area contributed by atoms with E-state index in [1.54, 1.807) is 0 Å². The van der Waals surface area contributed by atoms with Crippen LogP contribution in [0.3, 0.4) is 0 Å². The Hall–Kier alpha value is -6.44. The molecule has 1 heteroatoms. The maximum absolute atomic E-state index is 2.52. The third-order valence-corrected chi connectivity index (χ3v) is 14.8. The summed E-state index contributed by atoms with van der Waals surface area (Å²) in [7, 11) is 0. The third kappa shape index (κ3) is 5.88. The molecule has 1 saturated carbocycles. The van der Waals surface area contributed by atoms with Crippen LogP contribution in [0.2, 0.25) is 0 Å². The van der Waals surface area contributed by atoms with E-state index in [9.17, 15) is 0 Å². The molecule has 11 rings (SSSR count). The second-order valence-corrected chi connectivity index (χ2v) is 18.8. The second kappa shape index (κ2) is 14.3. The van der Waals surface area contributed by atoms with Gasteiger partial charge in [0.2, 0.25) is 0 Å². The smallest absolute Gasteiger partial charge is 0.0468 e. The van der Waals surface area contributed by atoms with Crippen LogP contribution in [0.1, 0.15) is 93.2 Å². The van der Waals surface area contributed by atoms with Gasteiger partial charge in [-0.15, -0.1) is 0 Å². The van der Waals surface area contributed by atoms with E-state index in [2.05, 4.69) is 221 Å². The Morgan fingerprint density at radius 2 is 0.836 bits per heavy atom. The highest BCUT2D eigenvalue weighted by atomic mass is 15.1. The molecule has 8 aromatic carbocycles. The summed E-state index contributed by atoms with van der Waals surface area (Å²) in [4.78, 5) is 2.52. The van der Waals surface area contributed by atoms with Crippen molar-refractivity contribution < 1.29 is 0 Å². The van der Waals surface area contributed by atoms with Gasteiger partial charge in [0.1, 0.15) is 0 Å². The van der Waals surface area contributed by atoms with E-state index in [4.69, 9.17) is 0 Å². The van der Waals surface area contributed by atoms with Gasteiger partial charge in [-0.2, -0.15) is 0 Å². The lowest BCUT2D eigenvalue weighted by Crippen LogP contribution is -2.30. The van der Waals surface area contributed by atoms with Crippen molar-refractivity contribution in [1.82, 2.24) is 0 Å². The van der Waals surface area contributed by atoms with Crippen molar-refractivity contribution in [3.8, 4) is 44.5 Å². The SMILES string of the molecule is CC1(C)c2ccc(N(c3ccc(C4(c5ccccc5)CCCCC4)cc3)c3ccc4c(c3)C(C)(C)c3cccc(-c5ccccc5)c3-4)cc2-c2c(-c3ccccc3)cccc21. The molecule has 0 unspecified atom stereocenters. The lowest BCUT2D eigenvalue weighted by atomic mass is 9.65. The van der Waals surface area contributed by atoms with Crippen LogP contribution in [0.15, 0.2) is 188 Å². The number of anilines is 3. The Labute approximate surface area is 362 Å². The van der Waals surface area contributed by atoms with Crippen molar-refractivity contribution in [2.24, 2.45) is 0 Å². The summed E-state index contributed by atoms with van der Waals surface area (Å²) in [6, 6.07) is 71.1. The van der Waals surface area contributed by atoms with Crippen LogP contribution < -0.4 is 4.90 Å². The summed E-state index contributed by atoms with van der Waals surface area (Å²) in [5, 5.41) is 0. The molecule has 61 heavy (non-hydrogen) atoms. The number of nitrogens with zero attached hydrogens (tertiary/aromatic N) is 1. The predicted molar refractivity (Wildman–Crippen MR) is 257 cm³/mol. The molecule has 298 valence electrons. The van der Waals surface area contributed by atoms with Crippen LogP contribution in [-0.4, -0.2) is 0 Å². The molecule has 0 amide bonds. The fraction of sp³-hybridized carbons (Fsp3) is 0.200. The molecule has 0 radical (unpaired) electrons. The highest BCUT2D eigenvalue weighted by Crippen LogP contribution is 2.56. The molecule has 0 N–H and O–H groups in total. The topological polar surface area (TPSA) is 3.24 Å². The number of hydrogen-bond acceptors (Lipinski definition) is 1. The van der Waals surface area contributed by atoms with E-state index in [-0.39, 0.29) is 16.2 Å². The maximum atomic E-state index is 2.52. The molecule has 3 aliphatic carbocycles. The van der Waals surface area contributed by atoms with Crippen LogP contribution in [0.4, 0.5) is 17.1 Å². The van der Waals surface area contributed by atoms with Gasteiger partial charge in [-0.3, -0.25) is 0 Å². The molecule has 0 aromatic heterocycles. The fourth-order valence-corrected chi connectivity index (χ4v) is 11.6. The Bertz CT molecular complexity index is 2910. The summed E-state index contributed by atoms with van der Waals surface area (Å²) >= 11 is 0. The van der Waals surface area contributed by atoms with Gasteiger partial charge in [0, 0.05) is 33.3 Å². The minimum absolute atomic E-state index is 0.0411. The molecule has 0 bridgehead atoms. The van der Waals surface area contributed by atoms with Gasteiger partial charge in [0.25, 0.3) is 0 Å². The average molecular weight is 788 g/mol. The number of fused-ring (bicyclic) bond motifs is 6. The van der Waals surface area contributed by atoms with Crippen LogP contribution in [-0.2, 0) is 16.2 Å². The fourth-order valence-electron chi connectivity index (χ4n) is 11.6. The van der Waals surface area contributed by atoms with Crippen molar-refractivity contribution in [2.75, 3.05) is 4.90 Å².